The Labute approximate surface area is 403 Å². The molecular weight excluding hydrogens is 915 g/mol. The maximum Gasteiger partial charge on any atom is 0.508 e. The molecule has 1 amide bonds. The van der Waals surface area contributed by atoms with Crippen LogP contribution in [0.15, 0.2) is 102 Å². The van der Waals surface area contributed by atoms with Crippen molar-refractivity contribution in [2.75, 3.05) is 19.8 Å². The van der Waals surface area contributed by atoms with Gasteiger partial charge in [-0.15, -0.1) is 0 Å². The summed E-state index contributed by atoms with van der Waals surface area (Å²) in [7, 11) is 0. The first-order chi connectivity index (χ1) is 33.1. The van der Waals surface area contributed by atoms with E-state index in [0.29, 0.717) is 5.56 Å². The van der Waals surface area contributed by atoms with E-state index in [-0.39, 0.29) is 28.7 Å². The number of ether oxygens (including phenoxy) is 7. The first-order valence-corrected chi connectivity index (χ1v) is 22.7. The van der Waals surface area contributed by atoms with Gasteiger partial charge in [0.1, 0.15) is 42.7 Å². The molecule has 7 rings (SSSR count). The highest BCUT2D eigenvalue weighted by Crippen LogP contribution is 2.65. The largest absolute Gasteiger partial charge is 0.508 e. The van der Waals surface area contributed by atoms with Crippen LogP contribution in [0.3, 0.4) is 0 Å². The van der Waals surface area contributed by atoms with Crippen molar-refractivity contribution in [1.29, 1.82) is 0 Å². The van der Waals surface area contributed by atoms with E-state index in [0.717, 1.165) is 13.8 Å². The van der Waals surface area contributed by atoms with Crippen LogP contribution in [0.1, 0.15) is 86.7 Å². The fourth-order valence-corrected chi connectivity index (χ4v) is 10.7. The Morgan fingerprint density at radius 3 is 1.97 bits per heavy atom. The van der Waals surface area contributed by atoms with Crippen molar-refractivity contribution in [2.45, 2.75) is 114 Å². The summed E-state index contributed by atoms with van der Waals surface area (Å²) in [5, 5.41) is 47.8. The van der Waals surface area contributed by atoms with Crippen LogP contribution in [0.4, 0.5) is 4.79 Å². The average molecular weight is 972 g/mol. The molecule has 3 aromatic rings. The number of nitrogens with one attached hydrogen (secondary N) is 1. The molecule has 1 saturated heterocycles. The lowest BCUT2D eigenvalue weighted by molar-refractivity contribution is -0.346. The lowest BCUT2D eigenvalue weighted by Gasteiger charge is -2.67. The van der Waals surface area contributed by atoms with Crippen molar-refractivity contribution in [3.8, 4) is 0 Å². The fourth-order valence-electron chi connectivity index (χ4n) is 10.7. The summed E-state index contributed by atoms with van der Waals surface area (Å²) in [5.41, 5.74) is -8.00. The van der Waals surface area contributed by atoms with Crippen molar-refractivity contribution in [3.63, 3.8) is 0 Å². The third kappa shape index (κ3) is 9.31. The number of ketones is 1. The van der Waals surface area contributed by atoms with Crippen LogP contribution < -0.4 is 5.32 Å². The quantitative estimate of drug-likeness (QED) is 0.0881. The lowest BCUT2D eigenvalue weighted by Crippen LogP contribution is -2.82. The van der Waals surface area contributed by atoms with Crippen LogP contribution in [0.25, 0.3) is 0 Å². The SMILES string of the molecule is CC(=O)O[C@H]1C(=O)[C@@]2(C)C(C(OC(=O)c3ccccc3)[C@]3(O)C[C@H](OC(=O)[C@H](O)[C@@H](NC(=O)c4ccccc4)c4ccccc4)C(C)=C1C3(C)C)[C@]1(OC(C)=O)CO[C@@H]1C[C@@H]2OC(=O)OC[C@H](O)CO. The minimum Gasteiger partial charge on any atom is -0.456 e. The molecule has 12 atom stereocenters. The highest BCUT2D eigenvalue weighted by Gasteiger charge is 2.79. The molecule has 4 aliphatic rings. The van der Waals surface area contributed by atoms with E-state index in [2.05, 4.69) is 5.32 Å². The smallest absolute Gasteiger partial charge is 0.456 e. The Morgan fingerprint density at radius 1 is 0.814 bits per heavy atom. The first-order valence-electron chi connectivity index (χ1n) is 22.7. The van der Waals surface area contributed by atoms with Gasteiger partial charge in [0.2, 0.25) is 0 Å². The number of rotatable bonds is 14. The highest BCUT2D eigenvalue weighted by atomic mass is 16.7. The fraction of sp³-hybridized carbons (Fsp3) is 0.471. The molecule has 2 unspecified atom stereocenters. The summed E-state index contributed by atoms with van der Waals surface area (Å²) in [6, 6.07) is 22.4. The monoisotopic (exact) mass is 971 g/mol. The number of aliphatic hydroxyl groups excluding tert-OH is 3. The minimum atomic E-state index is -2.53. The number of Topliss-reactive ketones (excluding diaryl/α,β-unsaturated/α-hetero) is 1. The van der Waals surface area contributed by atoms with Crippen LogP contribution in [0, 0.1) is 16.7 Å². The topological polar surface area (TPSA) is 277 Å². The molecule has 0 spiro atoms. The van der Waals surface area contributed by atoms with Gasteiger partial charge in [0.15, 0.2) is 23.6 Å². The average Bonchev–Trinajstić information content (AvgIpc) is 3.33. The van der Waals surface area contributed by atoms with E-state index in [4.69, 9.17) is 33.2 Å². The van der Waals surface area contributed by atoms with Crippen molar-refractivity contribution >= 4 is 41.7 Å². The Balaban J connectivity index is 1.41. The Morgan fingerprint density at radius 2 is 1.41 bits per heavy atom. The van der Waals surface area contributed by atoms with E-state index in [9.17, 15) is 49.2 Å². The number of carbonyl (C=O) groups is 7. The van der Waals surface area contributed by atoms with Gasteiger partial charge >= 0.3 is 30.0 Å². The summed E-state index contributed by atoms with van der Waals surface area (Å²) >= 11 is 0. The highest BCUT2D eigenvalue weighted by molar-refractivity contribution is 5.96. The molecule has 374 valence electrons. The number of carbonyl (C=O) groups excluding carboxylic acids is 7. The molecule has 1 heterocycles. The van der Waals surface area contributed by atoms with Gasteiger partial charge < -0.3 is 58.9 Å². The number of fused-ring (bicyclic) bond motifs is 5. The third-order valence-corrected chi connectivity index (χ3v) is 14.3. The number of esters is 4. The zero-order chi connectivity index (χ0) is 50.9. The summed E-state index contributed by atoms with van der Waals surface area (Å²) < 4.78 is 41.6. The second kappa shape index (κ2) is 20.1. The Bertz CT molecular complexity index is 2520. The van der Waals surface area contributed by atoms with Crippen molar-refractivity contribution in [3.05, 3.63) is 119 Å². The van der Waals surface area contributed by atoms with Crippen LogP contribution in [0.2, 0.25) is 0 Å². The molecule has 3 aromatic carbocycles. The van der Waals surface area contributed by atoms with Gasteiger partial charge in [-0.3, -0.25) is 19.2 Å². The van der Waals surface area contributed by atoms with Crippen molar-refractivity contribution in [1.82, 2.24) is 5.32 Å². The molecule has 2 saturated carbocycles. The van der Waals surface area contributed by atoms with Crippen LogP contribution in [-0.2, 0) is 52.3 Å². The molecule has 19 heteroatoms. The molecule has 3 aliphatic carbocycles. The Hall–Kier alpha value is -6.51. The lowest BCUT2D eigenvalue weighted by atomic mass is 9.44. The second-order valence-corrected chi connectivity index (χ2v) is 18.8. The normalized spacial score (nSPS) is 29.9. The molecule has 3 fully saturated rings. The van der Waals surface area contributed by atoms with Gasteiger partial charge in [-0.25, -0.2) is 14.4 Å². The standard InChI is InChI=1S/C51H57NO18/c1-27-34(67-46(61)39(57)38(30-16-10-7-11-17-30)52-44(59)31-18-12-8-13-19-31)23-51(63)43(69-45(60)32-20-14-9-15-21-32)41-49(6,42(58)40(66-28(2)54)37(27)48(51,4)5)35(68-47(62)64-25-33(56)24-53)22-36-50(41,26-65-36)70-29(3)55/h7-21,33-36,38-41,43,53,56-57,63H,22-26H2,1-6H3,(H,52,59)/t33-,34+,35+,36-,38+,39-,40-,41?,43?,49-,50+,51-/m1/s1. The first kappa shape index (κ1) is 51.3. The molecule has 0 aromatic heterocycles. The van der Waals surface area contributed by atoms with Gasteiger partial charge in [-0.05, 0) is 54.8 Å². The zero-order valence-electron chi connectivity index (χ0n) is 39.4. The van der Waals surface area contributed by atoms with Gasteiger partial charge in [0.25, 0.3) is 5.91 Å². The van der Waals surface area contributed by atoms with Crippen molar-refractivity contribution < 1.29 is 87.1 Å². The minimum absolute atomic E-state index is 0.00674. The van der Waals surface area contributed by atoms with Gasteiger partial charge in [0, 0.05) is 37.7 Å². The Kier molecular flexibility index (Phi) is 14.7. The second-order valence-electron chi connectivity index (χ2n) is 18.8. The van der Waals surface area contributed by atoms with Gasteiger partial charge in [0.05, 0.1) is 36.2 Å². The summed E-state index contributed by atoms with van der Waals surface area (Å²) in [4.78, 5) is 98.5. The maximum atomic E-state index is 16.0. The van der Waals surface area contributed by atoms with E-state index >= 15 is 4.79 Å². The van der Waals surface area contributed by atoms with E-state index in [1.807, 2.05) is 0 Å². The van der Waals surface area contributed by atoms with Gasteiger partial charge in [-0.1, -0.05) is 80.6 Å². The predicted molar refractivity (Wildman–Crippen MR) is 241 cm³/mol. The molecule has 0 radical (unpaired) electrons. The number of aliphatic hydroxyl groups is 4. The molecule has 19 nitrogen and oxygen atoms in total. The van der Waals surface area contributed by atoms with E-state index in [1.165, 1.54) is 39.8 Å². The predicted octanol–water partition coefficient (Wildman–Crippen LogP) is 3.25. The number of benzene rings is 3. The summed E-state index contributed by atoms with van der Waals surface area (Å²) in [6.07, 6.45) is -14.4. The van der Waals surface area contributed by atoms with Crippen LogP contribution in [0.5, 0.6) is 0 Å². The number of hydrogen-bond donors (Lipinski definition) is 5. The van der Waals surface area contributed by atoms with Crippen molar-refractivity contribution in [2.24, 2.45) is 16.7 Å². The van der Waals surface area contributed by atoms with E-state index in [1.54, 1.807) is 78.9 Å². The number of amides is 1. The number of hydrogen-bond acceptors (Lipinski definition) is 18. The molecule has 2 bridgehead atoms. The summed E-state index contributed by atoms with van der Waals surface area (Å²) in [6.45, 7) is 6.02. The van der Waals surface area contributed by atoms with Gasteiger partial charge in [-0.2, -0.15) is 0 Å². The maximum absolute atomic E-state index is 16.0. The van der Waals surface area contributed by atoms with E-state index < -0.39 is 145 Å². The van der Waals surface area contributed by atoms with Crippen LogP contribution >= 0.6 is 0 Å². The van der Waals surface area contributed by atoms with Crippen LogP contribution in [-0.4, -0.2) is 136 Å². The molecular formula is C51H57NO18. The third-order valence-electron chi connectivity index (χ3n) is 14.3. The summed E-state index contributed by atoms with van der Waals surface area (Å²) in [5.74, 6) is -7.51. The zero-order valence-corrected chi connectivity index (χ0v) is 39.4. The molecule has 1 aliphatic heterocycles. The molecule has 5 N–H and O–H groups in total. The molecule has 70 heavy (non-hydrogen) atoms.